The van der Waals surface area contributed by atoms with E-state index in [0.717, 1.165) is 16.6 Å². The van der Waals surface area contributed by atoms with Crippen LogP contribution in [0.25, 0.3) is 11.0 Å². The van der Waals surface area contributed by atoms with Gasteiger partial charge in [0, 0.05) is 37.1 Å². The summed E-state index contributed by atoms with van der Waals surface area (Å²) in [6.07, 6.45) is 3.71. The van der Waals surface area contributed by atoms with Gasteiger partial charge in [0.2, 0.25) is 0 Å². The first-order valence-corrected chi connectivity index (χ1v) is 9.34. The van der Waals surface area contributed by atoms with E-state index in [0.29, 0.717) is 25.1 Å². The zero-order chi connectivity index (χ0) is 20.1. The van der Waals surface area contributed by atoms with Gasteiger partial charge in [-0.3, -0.25) is 9.59 Å². The van der Waals surface area contributed by atoms with Crippen molar-refractivity contribution < 1.29 is 14.7 Å². The lowest BCUT2D eigenvalue weighted by molar-refractivity contribution is -0.137. The van der Waals surface area contributed by atoms with Gasteiger partial charge in [-0.05, 0) is 31.9 Å². The highest BCUT2D eigenvalue weighted by Crippen LogP contribution is 2.18. The maximum absolute atomic E-state index is 13.1. The van der Waals surface area contributed by atoms with Crippen LogP contribution in [0.5, 0.6) is 0 Å². The molecule has 0 fully saturated rings. The number of aromatic nitrogens is 3. The fourth-order valence-electron chi connectivity index (χ4n) is 3.09. The molecule has 2 aromatic heterocycles. The second-order valence-electron chi connectivity index (χ2n) is 7.03. The van der Waals surface area contributed by atoms with Gasteiger partial charge in [0.15, 0.2) is 5.65 Å². The van der Waals surface area contributed by atoms with Crippen LogP contribution in [0, 0.1) is 0 Å². The minimum Gasteiger partial charge on any atom is -0.481 e. The first-order valence-electron chi connectivity index (χ1n) is 9.34. The van der Waals surface area contributed by atoms with E-state index >= 15 is 0 Å². The molecule has 1 aromatic carbocycles. The summed E-state index contributed by atoms with van der Waals surface area (Å²) in [7, 11) is 0. The fraction of sp³-hybridized carbons (Fsp3) is 0.333. The number of fused-ring (bicyclic) bond motifs is 1. The van der Waals surface area contributed by atoms with E-state index in [2.05, 4.69) is 10.1 Å². The minimum atomic E-state index is -0.865. The monoisotopic (exact) mass is 380 g/mol. The number of amides is 1. The standard InChI is InChI=1S/C21H24N4O3/c1-15(2)25-20-17(13-23-25)11-18(12-22-20)21(28)24(10-6-9-19(26)27)14-16-7-4-3-5-8-16/h3-5,7-8,11-13,15H,6,9-10,14H2,1-2H3,(H,26,27). The lowest BCUT2D eigenvalue weighted by atomic mass is 10.1. The predicted molar refractivity (Wildman–Crippen MR) is 106 cm³/mol. The van der Waals surface area contributed by atoms with Crippen molar-refractivity contribution in [2.45, 2.75) is 39.3 Å². The molecular weight excluding hydrogens is 356 g/mol. The largest absolute Gasteiger partial charge is 0.481 e. The molecule has 3 aromatic rings. The van der Waals surface area contributed by atoms with Crippen molar-refractivity contribution in [3.8, 4) is 0 Å². The topological polar surface area (TPSA) is 88.3 Å². The molecule has 28 heavy (non-hydrogen) atoms. The van der Waals surface area contributed by atoms with Crippen molar-refractivity contribution in [3.05, 3.63) is 59.9 Å². The molecule has 2 heterocycles. The van der Waals surface area contributed by atoms with E-state index in [9.17, 15) is 9.59 Å². The molecule has 0 bridgehead atoms. The molecule has 0 spiro atoms. The Kier molecular flexibility index (Phi) is 6.03. The van der Waals surface area contributed by atoms with Crippen LogP contribution >= 0.6 is 0 Å². The minimum absolute atomic E-state index is 0.0248. The summed E-state index contributed by atoms with van der Waals surface area (Å²) in [6.45, 7) is 4.83. The number of hydrogen-bond acceptors (Lipinski definition) is 4. The highest BCUT2D eigenvalue weighted by Gasteiger charge is 2.18. The number of rotatable bonds is 8. The highest BCUT2D eigenvalue weighted by atomic mass is 16.4. The molecule has 0 saturated heterocycles. The molecule has 0 aliphatic rings. The van der Waals surface area contributed by atoms with Gasteiger partial charge in [-0.15, -0.1) is 0 Å². The Morgan fingerprint density at radius 3 is 2.61 bits per heavy atom. The molecule has 0 atom stereocenters. The Labute approximate surface area is 163 Å². The number of carbonyl (C=O) groups excluding carboxylic acids is 1. The zero-order valence-corrected chi connectivity index (χ0v) is 16.1. The number of pyridine rings is 1. The van der Waals surface area contributed by atoms with Crippen LogP contribution in [-0.4, -0.2) is 43.2 Å². The third kappa shape index (κ3) is 4.54. The van der Waals surface area contributed by atoms with Crippen LogP contribution in [0.15, 0.2) is 48.8 Å². The van der Waals surface area contributed by atoms with Crippen molar-refractivity contribution in [1.29, 1.82) is 0 Å². The number of carboxylic acid groups (broad SMARTS) is 1. The molecule has 0 aliphatic heterocycles. The van der Waals surface area contributed by atoms with Crippen LogP contribution in [0.3, 0.4) is 0 Å². The maximum atomic E-state index is 13.1. The van der Waals surface area contributed by atoms with Crippen LogP contribution in [-0.2, 0) is 11.3 Å². The van der Waals surface area contributed by atoms with Crippen molar-refractivity contribution >= 4 is 22.9 Å². The third-order valence-electron chi connectivity index (χ3n) is 4.49. The first-order chi connectivity index (χ1) is 13.5. The van der Waals surface area contributed by atoms with Gasteiger partial charge in [-0.25, -0.2) is 9.67 Å². The SMILES string of the molecule is CC(C)n1ncc2cc(C(=O)N(CCCC(=O)O)Cc3ccccc3)cnc21. The summed E-state index contributed by atoms with van der Waals surface area (Å²) in [6, 6.07) is 11.6. The average molecular weight is 380 g/mol. The highest BCUT2D eigenvalue weighted by molar-refractivity contribution is 5.96. The molecule has 146 valence electrons. The Balaban J connectivity index is 1.84. The van der Waals surface area contributed by atoms with Crippen LogP contribution in [0.4, 0.5) is 0 Å². The smallest absolute Gasteiger partial charge is 0.303 e. The number of nitrogens with zero attached hydrogens (tertiary/aromatic N) is 4. The number of aliphatic carboxylic acids is 1. The van der Waals surface area contributed by atoms with Gasteiger partial charge in [-0.2, -0.15) is 5.10 Å². The van der Waals surface area contributed by atoms with Gasteiger partial charge < -0.3 is 10.0 Å². The molecule has 1 N–H and O–H groups in total. The normalized spacial score (nSPS) is 11.1. The average Bonchev–Trinajstić information content (AvgIpc) is 3.10. The Morgan fingerprint density at radius 2 is 1.93 bits per heavy atom. The van der Waals surface area contributed by atoms with E-state index in [1.807, 2.05) is 48.9 Å². The predicted octanol–water partition coefficient (Wildman–Crippen LogP) is 3.52. The fourth-order valence-corrected chi connectivity index (χ4v) is 3.09. The molecular formula is C21H24N4O3. The van der Waals surface area contributed by atoms with Crippen molar-refractivity contribution in [1.82, 2.24) is 19.7 Å². The van der Waals surface area contributed by atoms with Gasteiger partial charge in [0.25, 0.3) is 5.91 Å². The first kappa shape index (κ1) is 19.5. The van der Waals surface area contributed by atoms with E-state index in [1.165, 1.54) is 0 Å². The molecule has 0 aliphatic carbocycles. The number of hydrogen-bond donors (Lipinski definition) is 1. The van der Waals surface area contributed by atoms with Crippen molar-refractivity contribution in [3.63, 3.8) is 0 Å². The Hall–Kier alpha value is -3.22. The van der Waals surface area contributed by atoms with E-state index < -0.39 is 5.97 Å². The third-order valence-corrected chi connectivity index (χ3v) is 4.49. The summed E-state index contributed by atoms with van der Waals surface area (Å²) >= 11 is 0. The van der Waals surface area contributed by atoms with Crippen molar-refractivity contribution in [2.24, 2.45) is 0 Å². The Bertz CT molecular complexity index is 966. The van der Waals surface area contributed by atoms with Gasteiger partial charge in [0.05, 0.1) is 11.8 Å². The van der Waals surface area contributed by atoms with Gasteiger partial charge in [-0.1, -0.05) is 30.3 Å². The number of benzene rings is 1. The molecule has 0 saturated carbocycles. The van der Waals surface area contributed by atoms with E-state index in [4.69, 9.17) is 5.11 Å². The maximum Gasteiger partial charge on any atom is 0.303 e. The molecule has 3 rings (SSSR count). The lowest BCUT2D eigenvalue weighted by Gasteiger charge is -2.23. The van der Waals surface area contributed by atoms with Crippen LogP contribution in [0.1, 0.15) is 48.7 Å². The summed E-state index contributed by atoms with van der Waals surface area (Å²) < 4.78 is 1.82. The van der Waals surface area contributed by atoms with E-state index in [1.54, 1.807) is 23.4 Å². The summed E-state index contributed by atoms with van der Waals surface area (Å²) in [5.74, 6) is -1.03. The van der Waals surface area contributed by atoms with Gasteiger partial charge >= 0.3 is 5.97 Å². The molecule has 0 radical (unpaired) electrons. The molecule has 7 nitrogen and oxygen atoms in total. The van der Waals surface area contributed by atoms with Crippen LogP contribution in [0.2, 0.25) is 0 Å². The van der Waals surface area contributed by atoms with E-state index in [-0.39, 0.29) is 18.4 Å². The molecule has 7 heteroatoms. The number of carbonyl (C=O) groups is 2. The second-order valence-corrected chi connectivity index (χ2v) is 7.03. The second kappa shape index (κ2) is 8.65. The quantitative estimate of drug-likeness (QED) is 0.646. The Morgan fingerprint density at radius 1 is 1.18 bits per heavy atom. The summed E-state index contributed by atoms with van der Waals surface area (Å²) in [5, 5.41) is 14.1. The number of carboxylic acids is 1. The summed E-state index contributed by atoms with van der Waals surface area (Å²) in [4.78, 5) is 30.1. The van der Waals surface area contributed by atoms with Crippen molar-refractivity contribution in [2.75, 3.05) is 6.54 Å². The lowest BCUT2D eigenvalue weighted by Crippen LogP contribution is -2.32. The molecule has 1 amide bonds. The van der Waals surface area contributed by atoms with Gasteiger partial charge in [0.1, 0.15) is 0 Å². The van der Waals surface area contributed by atoms with Crippen LogP contribution < -0.4 is 0 Å². The molecule has 0 unspecified atom stereocenters. The summed E-state index contributed by atoms with van der Waals surface area (Å²) in [5.41, 5.74) is 2.21. The zero-order valence-electron chi connectivity index (χ0n) is 16.1.